The molecule has 0 fully saturated rings. The number of amides is 1. The van der Waals surface area contributed by atoms with E-state index in [0.29, 0.717) is 5.56 Å². The molecule has 4 rings (SSSR count). The average molecular weight is 488 g/mol. The molecule has 1 aliphatic heterocycles. The molecule has 1 aliphatic rings. The molecule has 1 amide bonds. The predicted molar refractivity (Wildman–Crippen MR) is 121 cm³/mol. The molecule has 0 saturated heterocycles. The van der Waals surface area contributed by atoms with E-state index in [1.165, 1.54) is 54.6 Å². The molecule has 0 spiro atoms. The van der Waals surface area contributed by atoms with Gasteiger partial charge >= 0.3 is 0 Å². The second-order valence-electron chi connectivity index (χ2n) is 7.48. The summed E-state index contributed by atoms with van der Waals surface area (Å²) in [6.45, 7) is 0.0328. The number of carbonyl (C=O) groups excluding carboxylic acids is 1. The zero-order chi connectivity index (χ0) is 23.8. The van der Waals surface area contributed by atoms with Gasteiger partial charge in [-0.25, -0.2) is 8.42 Å². The van der Waals surface area contributed by atoms with Crippen LogP contribution < -0.4 is 5.32 Å². The number of benzene rings is 3. The zero-order valence-corrected chi connectivity index (χ0v) is 18.7. The van der Waals surface area contributed by atoms with Gasteiger partial charge in [0.2, 0.25) is 0 Å². The molecule has 2 N–H and O–H groups in total. The highest BCUT2D eigenvalue weighted by Crippen LogP contribution is 2.61. The Morgan fingerprint density at radius 3 is 2.36 bits per heavy atom. The van der Waals surface area contributed by atoms with Crippen LogP contribution in [0.15, 0.2) is 82.6 Å². The van der Waals surface area contributed by atoms with Gasteiger partial charge in [0.15, 0.2) is 9.84 Å². The average Bonchev–Trinajstić information content (AvgIpc) is 3.10. The molecule has 172 valence electrons. The van der Waals surface area contributed by atoms with Gasteiger partial charge in [0, 0.05) is 40.5 Å². The molecule has 0 aromatic heterocycles. The Morgan fingerprint density at radius 1 is 1.06 bits per heavy atom. The van der Waals surface area contributed by atoms with Crippen LogP contribution in [0.25, 0.3) is 0 Å². The molecule has 33 heavy (non-hydrogen) atoms. The number of rotatable bonds is 6. The zero-order valence-electron chi connectivity index (χ0n) is 17.1. The van der Waals surface area contributed by atoms with Crippen molar-refractivity contribution in [2.45, 2.75) is 21.6 Å². The largest absolute Gasteiger partial charge is 0.764 e. The standard InChI is InChI=1S/C22H20N2O7S2/c25-22(23-13-15-9-11-16(12-10-15)24(26)27)18-7-4-8-19-21(18)20(14-32(19,28)29)33(30,31)17-5-2-1-3-6-17/h1-12,20,28-29H,13-14H2,(H,23,25)/p-1. The Hall–Kier alpha value is -3.25. The van der Waals surface area contributed by atoms with E-state index >= 15 is 0 Å². The van der Waals surface area contributed by atoms with Crippen molar-refractivity contribution in [3.63, 3.8) is 0 Å². The normalized spacial score (nSPS) is 21.6. The van der Waals surface area contributed by atoms with Crippen LogP contribution in [-0.2, 0) is 16.4 Å². The van der Waals surface area contributed by atoms with E-state index in [9.17, 15) is 32.4 Å². The summed E-state index contributed by atoms with van der Waals surface area (Å²) in [7, 11) is -7.70. The summed E-state index contributed by atoms with van der Waals surface area (Å²) < 4.78 is 49.9. The Bertz CT molecular complexity index is 1320. The minimum absolute atomic E-state index is 0.000795. The van der Waals surface area contributed by atoms with Gasteiger partial charge in [-0.2, -0.15) is 0 Å². The van der Waals surface area contributed by atoms with Crippen LogP contribution in [0, 0.1) is 10.1 Å². The van der Waals surface area contributed by atoms with E-state index in [2.05, 4.69) is 5.32 Å². The summed E-state index contributed by atoms with van der Waals surface area (Å²) in [4.78, 5) is 23.2. The maximum atomic E-state index is 13.3. The van der Waals surface area contributed by atoms with Crippen molar-refractivity contribution in [2.24, 2.45) is 0 Å². The van der Waals surface area contributed by atoms with Crippen LogP contribution in [0.1, 0.15) is 26.7 Å². The molecule has 0 radical (unpaired) electrons. The predicted octanol–water partition coefficient (Wildman–Crippen LogP) is 3.82. The summed E-state index contributed by atoms with van der Waals surface area (Å²) in [5.41, 5.74) is 0.534. The molecule has 11 heteroatoms. The number of nitrogens with zero attached hydrogens (tertiary/aromatic N) is 1. The van der Waals surface area contributed by atoms with Gasteiger partial charge in [0.1, 0.15) is 5.25 Å². The number of hydrogen-bond acceptors (Lipinski definition) is 7. The summed E-state index contributed by atoms with van der Waals surface area (Å²) in [6.07, 6.45) is 0. The van der Waals surface area contributed by atoms with Crippen LogP contribution in [0.2, 0.25) is 0 Å². The highest BCUT2D eigenvalue weighted by molar-refractivity contribution is 8.25. The lowest BCUT2D eigenvalue weighted by atomic mass is 10.0. The minimum atomic E-state index is -4.04. The number of nitro benzene ring substituents is 1. The Kier molecular flexibility index (Phi) is 5.97. The summed E-state index contributed by atoms with van der Waals surface area (Å²) >= 11 is 0. The van der Waals surface area contributed by atoms with E-state index in [1.54, 1.807) is 18.2 Å². The van der Waals surface area contributed by atoms with Gasteiger partial charge in [0.05, 0.1) is 9.82 Å². The lowest BCUT2D eigenvalue weighted by molar-refractivity contribution is -0.384. The third-order valence-corrected chi connectivity index (χ3v) is 9.52. The summed E-state index contributed by atoms with van der Waals surface area (Å²) in [5, 5.41) is 12.1. The number of non-ortho nitro benzene ring substituents is 1. The Labute approximate surface area is 191 Å². The van der Waals surface area contributed by atoms with Crippen molar-refractivity contribution >= 4 is 32.0 Å². The Balaban J connectivity index is 1.66. The first-order chi connectivity index (χ1) is 15.6. The molecular weight excluding hydrogens is 468 g/mol. The fraction of sp³-hybridized carbons (Fsp3) is 0.136. The van der Waals surface area contributed by atoms with Gasteiger partial charge < -0.3 is 25.0 Å². The van der Waals surface area contributed by atoms with Gasteiger partial charge in [-0.05, 0) is 29.8 Å². The minimum Gasteiger partial charge on any atom is -0.764 e. The summed E-state index contributed by atoms with van der Waals surface area (Å²) in [6, 6.07) is 17.4. The molecule has 1 heterocycles. The fourth-order valence-electron chi connectivity index (χ4n) is 3.76. The molecule has 2 atom stereocenters. The van der Waals surface area contributed by atoms with Crippen LogP contribution in [-0.4, -0.2) is 34.1 Å². The van der Waals surface area contributed by atoms with Gasteiger partial charge in [-0.3, -0.25) is 14.9 Å². The molecule has 0 aliphatic carbocycles. The van der Waals surface area contributed by atoms with Crippen LogP contribution in [0.4, 0.5) is 5.69 Å². The molecule has 0 saturated carbocycles. The fourth-order valence-corrected chi connectivity index (χ4v) is 8.18. The molecule has 2 unspecified atom stereocenters. The van der Waals surface area contributed by atoms with E-state index in [0.717, 1.165) is 0 Å². The molecular formula is C22H19N2O7S2-. The van der Waals surface area contributed by atoms with Crippen molar-refractivity contribution in [1.82, 2.24) is 5.32 Å². The van der Waals surface area contributed by atoms with E-state index in [1.807, 2.05) is 0 Å². The monoisotopic (exact) mass is 487 g/mol. The second kappa shape index (κ2) is 8.60. The van der Waals surface area contributed by atoms with Gasteiger partial charge in [-0.15, -0.1) is 0 Å². The lowest BCUT2D eigenvalue weighted by Crippen LogP contribution is -2.25. The third-order valence-electron chi connectivity index (χ3n) is 5.40. The molecule has 3 aromatic carbocycles. The number of carbonyl (C=O) groups is 1. The molecule has 0 bridgehead atoms. The van der Waals surface area contributed by atoms with E-state index in [-0.39, 0.29) is 33.2 Å². The Morgan fingerprint density at radius 2 is 1.73 bits per heavy atom. The molecule has 3 aromatic rings. The van der Waals surface area contributed by atoms with Gasteiger partial charge in [-0.1, -0.05) is 36.4 Å². The highest BCUT2D eigenvalue weighted by atomic mass is 32.3. The first-order valence-electron chi connectivity index (χ1n) is 9.79. The van der Waals surface area contributed by atoms with E-state index in [4.69, 9.17) is 0 Å². The topological polar surface area (TPSA) is 150 Å². The van der Waals surface area contributed by atoms with Crippen LogP contribution in [0.3, 0.4) is 0 Å². The smallest absolute Gasteiger partial charge is 0.269 e. The summed E-state index contributed by atoms with van der Waals surface area (Å²) in [5.74, 6) is -1.15. The number of fused-ring (bicyclic) bond motifs is 1. The van der Waals surface area contributed by atoms with Crippen LogP contribution >= 0.6 is 10.6 Å². The first kappa shape index (κ1) is 22.9. The third kappa shape index (κ3) is 4.35. The number of sulfone groups is 1. The lowest BCUT2D eigenvalue weighted by Gasteiger charge is -2.42. The van der Waals surface area contributed by atoms with Crippen LogP contribution in [0.5, 0.6) is 0 Å². The van der Waals surface area contributed by atoms with Gasteiger partial charge in [0.25, 0.3) is 11.6 Å². The maximum absolute atomic E-state index is 13.3. The number of hydrogen-bond donors (Lipinski definition) is 2. The first-order valence-corrected chi connectivity index (χ1v) is 13.0. The van der Waals surface area contributed by atoms with Crippen molar-refractivity contribution < 1.29 is 27.2 Å². The van der Waals surface area contributed by atoms with Crippen molar-refractivity contribution in [1.29, 1.82) is 0 Å². The number of nitrogens with one attached hydrogen (secondary N) is 1. The maximum Gasteiger partial charge on any atom is 0.269 e. The highest BCUT2D eigenvalue weighted by Gasteiger charge is 2.42. The second-order valence-corrected chi connectivity index (χ2v) is 11.7. The van der Waals surface area contributed by atoms with Crippen molar-refractivity contribution in [3.05, 3.63) is 99.6 Å². The van der Waals surface area contributed by atoms with E-state index < -0.39 is 42.3 Å². The number of nitro groups is 1. The van der Waals surface area contributed by atoms with Crippen molar-refractivity contribution in [3.8, 4) is 0 Å². The SMILES string of the molecule is O=C(NCc1ccc([N+](=O)[O-])cc1)c1cccc2c1C(S(=O)(=O)c1ccccc1)CS2([O-])O. The molecule has 9 nitrogen and oxygen atoms in total. The quantitative estimate of drug-likeness (QED) is 0.396. The van der Waals surface area contributed by atoms with Crippen molar-refractivity contribution in [2.75, 3.05) is 5.75 Å².